The van der Waals surface area contributed by atoms with Gasteiger partial charge in [0.1, 0.15) is 0 Å². The fourth-order valence-corrected chi connectivity index (χ4v) is 5.51. The molecule has 35 heavy (non-hydrogen) atoms. The number of aryl methyl sites for hydroxylation is 3. The van der Waals surface area contributed by atoms with Crippen LogP contribution >= 0.6 is 11.8 Å². The van der Waals surface area contributed by atoms with Crippen molar-refractivity contribution < 1.29 is 4.79 Å². The molecule has 0 unspecified atom stereocenters. The van der Waals surface area contributed by atoms with Crippen LogP contribution in [0.25, 0.3) is 10.9 Å². The Kier molecular flexibility index (Phi) is 8.78. The highest BCUT2D eigenvalue weighted by molar-refractivity contribution is 8.00. The third kappa shape index (κ3) is 6.33. The molecule has 2 aromatic carbocycles. The first-order valence-electron chi connectivity index (χ1n) is 12.3. The number of aromatic nitrogens is 2. The third-order valence-electron chi connectivity index (χ3n) is 6.31. The fourth-order valence-electron chi connectivity index (χ4n) is 4.58. The standard InChI is InChI=1S/C28H38N4O2S/c1-17(2)31(18(3)4)13-14-32-27(34)23-11-9-10-12-24(23)29-28(32)35-22(8)26(33)30-25-20(6)15-19(5)16-21(25)7/h9-12,15-18,22H,13-14H2,1-8H3,(H,30,33)/t22-/m1/s1. The molecule has 1 heterocycles. The van der Waals surface area contributed by atoms with Gasteiger partial charge in [0.05, 0.1) is 16.2 Å². The lowest BCUT2D eigenvalue weighted by molar-refractivity contribution is -0.115. The normalized spacial score (nSPS) is 12.7. The average Bonchev–Trinajstić information content (AvgIpc) is 2.77. The number of amides is 1. The number of para-hydroxylation sites is 1. The van der Waals surface area contributed by atoms with Crippen molar-refractivity contribution in [3.63, 3.8) is 0 Å². The van der Waals surface area contributed by atoms with E-state index in [-0.39, 0.29) is 11.5 Å². The lowest BCUT2D eigenvalue weighted by atomic mass is 10.1. The Bertz CT molecular complexity index is 1230. The van der Waals surface area contributed by atoms with E-state index in [4.69, 9.17) is 4.98 Å². The molecule has 188 valence electrons. The number of carbonyl (C=O) groups is 1. The van der Waals surface area contributed by atoms with Crippen LogP contribution in [0.4, 0.5) is 5.69 Å². The zero-order chi connectivity index (χ0) is 25.9. The predicted molar refractivity (Wildman–Crippen MR) is 148 cm³/mol. The van der Waals surface area contributed by atoms with Gasteiger partial charge in [0.2, 0.25) is 5.91 Å². The summed E-state index contributed by atoms with van der Waals surface area (Å²) in [4.78, 5) is 33.8. The Hall–Kier alpha value is -2.64. The summed E-state index contributed by atoms with van der Waals surface area (Å²) >= 11 is 1.33. The van der Waals surface area contributed by atoms with E-state index in [2.05, 4.69) is 57.0 Å². The number of thioether (sulfide) groups is 1. The monoisotopic (exact) mass is 494 g/mol. The van der Waals surface area contributed by atoms with E-state index >= 15 is 0 Å². The van der Waals surface area contributed by atoms with Crippen LogP contribution in [0.15, 0.2) is 46.3 Å². The molecule has 0 aliphatic rings. The summed E-state index contributed by atoms with van der Waals surface area (Å²) in [6.45, 7) is 17.8. The summed E-state index contributed by atoms with van der Waals surface area (Å²) in [5.41, 5.74) is 4.68. The van der Waals surface area contributed by atoms with E-state index in [1.54, 1.807) is 4.57 Å². The van der Waals surface area contributed by atoms with Crippen LogP contribution in [0, 0.1) is 20.8 Å². The van der Waals surface area contributed by atoms with Crippen molar-refractivity contribution in [3.05, 3.63) is 63.4 Å². The minimum absolute atomic E-state index is 0.0663. The smallest absolute Gasteiger partial charge is 0.262 e. The number of benzene rings is 2. The summed E-state index contributed by atoms with van der Waals surface area (Å²) in [6.07, 6.45) is 0. The van der Waals surface area contributed by atoms with Crippen LogP contribution in [0.2, 0.25) is 0 Å². The maximum atomic E-state index is 13.5. The van der Waals surface area contributed by atoms with Gasteiger partial charge in [0.15, 0.2) is 5.16 Å². The fraction of sp³-hybridized carbons (Fsp3) is 0.464. The van der Waals surface area contributed by atoms with E-state index in [1.807, 2.05) is 45.0 Å². The highest BCUT2D eigenvalue weighted by Crippen LogP contribution is 2.26. The number of rotatable bonds is 9. The van der Waals surface area contributed by atoms with Gasteiger partial charge in [0, 0.05) is 30.9 Å². The molecular formula is C28H38N4O2S. The van der Waals surface area contributed by atoms with Gasteiger partial charge in [-0.1, -0.05) is 41.6 Å². The molecule has 1 amide bonds. The van der Waals surface area contributed by atoms with Crippen molar-refractivity contribution in [3.8, 4) is 0 Å². The van der Waals surface area contributed by atoms with Gasteiger partial charge < -0.3 is 5.32 Å². The van der Waals surface area contributed by atoms with E-state index in [9.17, 15) is 9.59 Å². The van der Waals surface area contributed by atoms with Crippen LogP contribution < -0.4 is 10.9 Å². The molecule has 0 aliphatic carbocycles. The lowest BCUT2D eigenvalue weighted by Crippen LogP contribution is -2.40. The number of hydrogen-bond donors (Lipinski definition) is 1. The van der Waals surface area contributed by atoms with Gasteiger partial charge in [-0.3, -0.25) is 19.1 Å². The van der Waals surface area contributed by atoms with Crippen LogP contribution in [0.5, 0.6) is 0 Å². The van der Waals surface area contributed by atoms with Crippen LogP contribution in [0.3, 0.4) is 0 Å². The van der Waals surface area contributed by atoms with Gasteiger partial charge >= 0.3 is 0 Å². The molecule has 3 rings (SSSR count). The number of carbonyl (C=O) groups excluding carboxylic acids is 1. The molecule has 1 N–H and O–H groups in total. The summed E-state index contributed by atoms with van der Waals surface area (Å²) < 4.78 is 1.73. The van der Waals surface area contributed by atoms with Gasteiger partial charge in [-0.2, -0.15) is 0 Å². The van der Waals surface area contributed by atoms with Gasteiger partial charge in [-0.05, 0) is 78.6 Å². The molecule has 0 fully saturated rings. The van der Waals surface area contributed by atoms with Crippen molar-refractivity contribution >= 4 is 34.3 Å². The maximum absolute atomic E-state index is 13.5. The molecule has 3 aromatic rings. The maximum Gasteiger partial charge on any atom is 0.262 e. The SMILES string of the molecule is Cc1cc(C)c(NC(=O)[C@@H](C)Sc2nc3ccccc3c(=O)n2CCN(C(C)C)C(C)C)c(C)c1. The second-order valence-electron chi connectivity index (χ2n) is 9.82. The van der Waals surface area contributed by atoms with Crippen molar-refractivity contribution in [1.29, 1.82) is 0 Å². The predicted octanol–water partition coefficient (Wildman–Crippen LogP) is 5.56. The number of hydrogen-bond acceptors (Lipinski definition) is 5. The highest BCUT2D eigenvalue weighted by atomic mass is 32.2. The van der Waals surface area contributed by atoms with E-state index in [1.165, 1.54) is 17.3 Å². The topological polar surface area (TPSA) is 67.2 Å². The van der Waals surface area contributed by atoms with Crippen molar-refractivity contribution in [1.82, 2.24) is 14.5 Å². The quantitative estimate of drug-likeness (QED) is 0.312. The molecule has 0 saturated heterocycles. The van der Waals surface area contributed by atoms with Crippen molar-refractivity contribution in [2.45, 2.75) is 84.4 Å². The molecule has 0 aliphatic heterocycles. The van der Waals surface area contributed by atoms with Gasteiger partial charge in [-0.15, -0.1) is 0 Å². The minimum Gasteiger partial charge on any atom is -0.325 e. The number of nitrogens with zero attached hydrogens (tertiary/aromatic N) is 3. The van der Waals surface area contributed by atoms with E-state index < -0.39 is 5.25 Å². The summed E-state index contributed by atoms with van der Waals surface area (Å²) in [6, 6.07) is 12.3. The largest absolute Gasteiger partial charge is 0.325 e. The molecule has 0 radical (unpaired) electrons. The van der Waals surface area contributed by atoms with E-state index in [0.717, 1.165) is 23.4 Å². The Morgan fingerprint density at radius 3 is 2.23 bits per heavy atom. The minimum atomic E-state index is -0.430. The van der Waals surface area contributed by atoms with Crippen LogP contribution in [-0.2, 0) is 11.3 Å². The van der Waals surface area contributed by atoms with Crippen LogP contribution in [-0.4, -0.2) is 44.2 Å². The second-order valence-corrected chi connectivity index (χ2v) is 11.1. The first kappa shape index (κ1) is 27.0. The molecule has 7 heteroatoms. The first-order valence-corrected chi connectivity index (χ1v) is 13.2. The molecule has 0 spiro atoms. The van der Waals surface area contributed by atoms with Crippen LogP contribution in [0.1, 0.15) is 51.3 Å². The third-order valence-corrected chi connectivity index (χ3v) is 7.40. The Morgan fingerprint density at radius 2 is 1.63 bits per heavy atom. The van der Waals surface area contributed by atoms with Crippen molar-refractivity contribution in [2.75, 3.05) is 11.9 Å². The van der Waals surface area contributed by atoms with Gasteiger partial charge in [-0.25, -0.2) is 4.98 Å². The lowest BCUT2D eigenvalue weighted by Gasteiger charge is -2.31. The molecule has 6 nitrogen and oxygen atoms in total. The Morgan fingerprint density at radius 1 is 1.03 bits per heavy atom. The summed E-state index contributed by atoms with van der Waals surface area (Å²) in [5, 5.41) is 3.83. The van der Waals surface area contributed by atoms with Crippen molar-refractivity contribution in [2.24, 2.45) is 0 Å². The molecule has 1 aromatic heterocycles. The zero-order valence-corrected chi connectivity index (χ0v) is 23.0. The Balaban J connectivity index is 1.91. The number of fused-ring (bicyclic) bond motifs is 1. The highest BCUT2D eigenvalue weighted by Gasteiger charge is 2.22. The molecular weight excluding hydrogens is 456 g/mol. The van der Waals surface area contributed by atoms with E-state index in [0.29, 0.717) is 34.7 Å². The summed E-state index contributed by atoms with van der Waals surface area (Å²) in [5.74, 6) is -0.106. The number of anilines is 1. The zero-order valence-electron chi connectivity index (χ0n) is 22.2. The molecule has 0 saturated carbocycles. The first-order chi connectivity index (χ1) is 16.5. The summed E-state index contributed by atoms with van der Waals surface area (Å²) in [7, 11) is 0. The number of nitrogens with one attached hydrogen (secondary N) is 1. The average molecular weight is 495 g/mol. The Labute approximate surface area is 213 Å². The molecule has 0 bridgehead atoms. The molecule has 1 atom stereocenters. The second kappa shape index (κ2) is 11.4. The van der Waals surface area contributed by atoms with Gasteiger partial charge in [0.25, 0.3) is 5.56 Å².